The highest BCUT2D eigenvalue weighted by Crippen LogP contribution is 2.39. The van der Waals surface area contributed by atoms with Crippen LogP contribution in [0.2, 0.25) is 0 Å². The predicted molar refractivity (Wildman–Crippen MR) is 151 cm³/mol. The van der Waals surface area contributed by atoms with E-state index < -0.39 is 0 Å². The summed E-state index contributed by atoms with van der Waals surface area (Å²) < 4.78 is 18.7. The maximum absolute atomic E-state index is 14.1. The average Bonchev–Trinajstić information content (AvgIpc) is 3.76. The Kier molecular flexibility index (Phi) is 9.06. The summed E-state index contributed by atoms with van der Waals surface area (Å²) in [7, 11) is 5.21. The molecule has 1 aromatic heterocycles. The average molecular weight is 552 g/mol. The zero-order chi connectivity index (χ0) is 28.1. The molecular weight excluding hydrogens is 510 g/mol. The Hall–Kier alpha value is -3.37. The predicted octanol–water partition coefficient (Wildman–Crippen LogP) is 3.07. The molecule has 10 heteroatoms. The molecule has 1 saturated carbocycles. The first-order valence-corrected chi connectivity index (χ1v) is 14.3. The number of aromatic nitrogens is 1. The van der Waals surface area contributed by atoms with Crippen LogP contribution in [0.3, 0.4) is 0 Å². The maximum atomic E-state index is 14.1. The number of hydrogen-bond acceptors (Lipinski definition) is 7. The molecular formula is C30H41N5O5. The summed E-state index contributed by atoms with van der Waals surface area (Å²) in [5.74, 6) is 1.22. The molecule has 10 nitrogen and oxygen atoms in total. The van der Waals surface area contributed by atoms with Crippen molar-refractivity contribution in [2.45, 2.75) is 38.1 Å². The Morgan fingerprint density at radius 1 is 1.10 bits per heavy atom. The number of methoxy groups -OCH3 is 2. The number of morpholine rings is 1. The summed E-state index contributed by atoms with van der Waals surface area (Å²) in [6.07, 6.45) is 6.41. The fraction of sp³-hybridized carbons (Fsp3) is 0.567. The molecule has 216 valence electrons. The summed E-state index contributed by atoms with van der Waals surface area (Å²) in [6, 6.07) is 9.20. The van der Waals surface area contributed by atoms with Gasteiger partial charge in [-0.1, -0.05) is 12.8 Å². The van der Waals surface area contributed by atoms with Crippen LogP contribution < -0.4 is 9.47 Å². The molecule has 1 aromatic carbocycles. The van der Waals surface area contributed by atoms with Crippen LogP contribution in [-0.2, 0) is 21.4 Å². The molecule has 2 amide bonds. The molecule has 1 aliphatic carbocycles. The molecule has 40 heavy (non-hydrogen) atoms. The number of ether oxygens (including phenoxy) is 3. The van der Waals surface area contributed by atoms with Crippen LogP contribution in [0.15, 0.2) is 41.6 Å². The van der Waals surface area contributed by atoms with Gasteiger partial charge in [-0.2, -0.15) is 5.10 Å². The lowest BCUT2D eigenvalue weighted by atomic mass is 9.99. The summed E-state index contributed by atoms with van der Waals surface area (Å²) in [5.41, 5.74) is 2.59. The molecule has 3 aliphatic rings. The minimum absolute atomic E-state index is 0.00669. The minimum Gasteiger partial charge on any atom is -0.497 e. The third-order valence-electron chi connectivity index (χ3n) is 8.33. The van der Waals surface area contributed by atoms with Gasteiger partial charge in [0.25, 0.3) is 5.91 Å². The molecule has 2 aliphatic heterocycles. The molecule has 1 atom stereocenters. The quantitative estimate of drug-likeness (QED) is 0.451. The SMILES string of the molecule is COc1ccc(OC)c([C@@H]2CC(c3cccn3C)=NN2C(=O)CN(CCN2CCOCC2)C(=O)C2CCCC2)c1. The number of amides is 2. The Morgan fingerprint density at radius 3 is 2.55 bits per heavy atom. The lowest BCUT2D eigenvalue weighted by molar-refractivity contribution is -0.144. The van der Waals surface area contributed by atoms with Gasteiger partial charge in [0, 0.05) is 57.3 Å². The highest BCUT2D eigenvalue weighted by atomic mass is 16.5. The zero-order valence-corrected chi connectivity index (χ0v) is 23.9. The molecule has 2 fully saturated rings. The highest BCUT2D eigenvalue weighted by Gasteiger charge is 2.38. The lowest BCUT2D eigenvalue weighted by Gasteiger charge is -2.32. The van der Waals surface area contributed by atoms with Crippen LogP contribution in [0, 0.1) is 5.92 Å². The number of benzene rings is 1. The van der Waals surface area contributed by atoms with Crippen molar-refractivity contribution >= 4 is 17.5 Å². The van der Waals surface area contributed by atoms with E-state index >= 15 is 0 Å². The normalized spacial score (nSPS) is 20.0. The summed E-state index contributed by atoms with van der Waals surface area (Å²) >= 11 is 0. The zero-order valence-electron chi connectivity index (χ0n) is 23.9. The largest absolute Gasteiger partial charge is 0.497 e. The second-order valence-corrected chi connectivity index (χ2v) is 10.8. The van der Waals surface area contributed by atoms with Gasteiger partial charge < -0.3 is 23.7 Å². The monoisotopic (exact) mass is 551 g/mol. The number of aryl methyl sites for hydroxylation is 1. The Balaban J connectivity index is 1.42. The van der Waals surface area contributed by atoms with Crippen molar-refractivity contribution in [3.8, 4) is 11.5 Å². The van der Waals surface area contributed by atoms with Crippen molar-refractivity contribution in [2.24, 2.45) is 18.1 Å². The van der Waals surface area contributed by atoms with E-state index in [0.29, 0.717) is 37.7 Å². The van der Waals surface area contributed by atoms with Crippen LogP contribution >= 0.6 is 0 Å². The van der Waals surface area contributed by atoms with E-state index in [4.69, 9.17) is 19.3 Å². The number of nitrogens with zero attached hydrogens (tertiary/aromatic N) is 5. The first-order valence-electron chi connectivity index (χ1n) is 14.3. The summed E-state index contributed by atoms with van der Waals surface area (Å²) in [4.78, 5) is 31.8. The number of carbonyl (C=O) groups is 2. The van der Waals surface area contributed by atoms with Gasteiger partial charge in [0.2, 0.25) is 5.91 Å². The smallest absolute Gasteiger partial charge is 0.262 e. The second kappa shape index (κ2) is 12.9. The van der Waals surface area contributed by atoms with Crippen molar-refractivity contribution in [2.75, 3.05) is 60.2 Å². The first kappa shape index (κ1) is 28.2. The van der Waals surface area contributed by atoms with Crippen LogP contribution in [0.4, 0.5) is 0 Å². The van der Waals surface area contributed by atoms with Gasteiger partial charge in [0.05, 0.1) is 44.9 Å². The molecule has 2 aromatic rings. The number of hydrogen-bond donors (Lipinski definition) is 0. The van der Waals surface area contributed by atoms with Crippen molar-refractivity contribution < 1.29 is 23.8 Å². The molecule has 0 radical (unpaired) electrons. The van der Waals surface area contributed by atoms with Gasteiger partial charge in [-0.3, -0.25) is 14.5 Å². The van der Waals surface area contributed by atoms with Crippen LogP contribution in [0.1, 0.15) is 49.4 Å². The van der Waals surface area contributed by atoms with Gasteiger partial charge in [-0.25, -0.2) is 5.01 Å². The number of rotatable bonds is 10. The van der Waals surface area contributed by atoms with E-state index in [-0.39, 0.29) is 30.3 Å². The van der Waals surface area contributed by atoms with Gasteiger partial charge in [0.1, 0.15) is 18.0 Å². The van der Waals surface area contributed by atoms with Gasteiger partial charge in [-0.15, -0.1) is 0 Å². The fourth-order valence-corrected chi connectivity index (χ4v) is 6.02. The topological polar surface area (TPSA) is 88.8 Å². The summed E-state index contributed by atoms with van der Waals surface area (Å²) in [6.45, 7) is 4.30. The molecule has 1 saturated heterocycles. The Bertz CT molecular complexity index is 1210. The molecule has 0 N–H and O–H groups in total. The van der Waals surface area contributed by atoms with Crippen molar-refractivity contribution in [3.05, 3.63) is 47.8 Å². The maximum Gasteiger partial charge on any atom is 0.262 e. The van der Waals surface area contributed by atoms with E-state index in [1.165, 1.54) is 0 Å². The lowest BCUT2D eigenvalue weighted by Crippen LogP contribution is -2.48. The number of carbonyl (C=O) groups excluding carboxylic acids is 2. The highest BCUT2D eigenvalue weighted by molar-refractivity contribution is 6.02. The molecule has 0 bridgehead atoms. The van der Waals surface area contributed by atoms with Crippen LogP contribution in [0.25, 0.3) is 0 Å². The van der Waals surface area contributed by atoms with E-state index in [1.54, 1.807) is 24.1 Å². The third-order valence-corrected chi connectivity index (χ3v) is 8.33. The Labute approximate surface area is 236 Å². The molecule has 0 spiro atoms. The standard InChI is InChI=1S/C30H41N5O5/c1-32-12-6-9-26(32)25-20-27(24-19-23(38-2)10-11-28(24)39-3)35(31-25)29(36)21-34(30(37)22-7-4-5-8-22)14-13-33-15-17-40-18-16-33/h6,9-12,19,22,27H,4-5,7-8,13-18,20-21H2,1-3H3/t27-/m0/s1. The Morgan fingerprint density at radius 2 is 1.88 bits per heavy atom. The van der Waals surface area contributed by atoms with Crippen molar-refractivity contribution in [1.29, 1.82) is 0 Å². The van der Waals surface area contributed by atoms with Crippen molar-refractivity contribution in [1.82, 2.24) is 19.4 Å². The first-order chi connectivity index (χ1) is 19.5. The van der Waals surface area contributed by atoms with Crippen molar-refractivity contribution in [3.63, 3.8) is 0 Å². The van der Waals surface area contributed by atoms with E-state index in [9.17, 15) is 9.59 Å². The van der Waals surface area contributed by atoms with Crippen LogP contribution in [0.5, 0.6) is 11.5 Å². The van der Waals surface area contributed by atoms with E-state index in [1.807, 2.05) is 48.1 Å². The van der Waals surface area contributed by atoms with Gasteiger partial charge in [0.15, 0.2) is 0 Å². The van der Waals surface area contributed by atoms with E-state index in [2.05, 4.69) is 4.90 Å². The molecule has 3 heterocycles. The summed E-state index contributed by atoms with van der Waals surface area (Å²) in [5, 5.41) is 6.42. The second-order valence-electron chi connectivity index (χ2n) is 10.8. The van der Waals surface area contributed by atoms with E-state index in [0.717, 1.165) is 62.3 Å². The molecule has 0 unspecified atom stereocenters. The fourth-order valence-electron chi connectivity index (χ4n) is 6.02. The van der Waals surface area contributed by atoms with Crippen LogP contribution in [-0.4, -0.2) is 97.1 Å². The minimum atomic E-state index is -0.384. The number of hydrazone groups is 1. The molecule has 5 rings (SSSR count). The van der Waals surface area contributed by atoms with Gasteiger partial charge in [-0.05, 0) is 43.2 Å². The van der Waals surface area contributed by atoms with Gasteiger partial charge >= 0.3 is 0 Å². The third kappa shape index (κ3) is 6.18.